The average molecular weight is 558 g/mol. The Hall–Kier alpha value is -3.84. The highest BCUT2D eigenvalue weighted by Crippen LogP contribution is 2.19. The van der Waals surface area contributed by atoms with E-state index < -0.39 is 47.9 Å². The van der Waals surface area contributed by atoms with Crippen molar-refractivity contribution in [2.45, 2.75) is 57.3 Å². The molecular weight excluding hydrogens is 522 g/mol. The van der Waals surface area contributed by atoms with Gasteiger partial charge in [0, 0.05) is 47.6 Å². The molecule has 2 heterocycles. The van der Waals surface area contributed by atoms with Crippen LogP contribution in [0.5, 0.6) is 0 Å². The molecule has 0 aliphatic carbocycles. The van der Waals surface area contributed by atoms with Crippen LogP contribution in [0.1, 0.15) is 31.5 Å². The SMILES string of the molecule is CC(C)CC(N)C(=O)NC(Cc1c[nH]c2ccccc12)C(=O)NC(Cc1cnc[nH]1)C(=O)NC(CS)C(=O)O. The van der Waals surface area contributed by atoms with Crippen LogP contribution in [0.3, 0.4) is 0 Å². The van der Waals surface area contributed by atoms with Gasteiger partial charge in [-0.1, -0.05) is 32.0 Å². The number of hydrogen-bond donors (Lipinski definition) is 8. The Labute approximate surface area is 231 Å². The van der Waals surface area contributed by atoms with Gasteiger partial charge in [0.05, 0.1) is 12.4 Å². The summed E-state index contributed by atoms with van der Waals surface area (Å²) >= 11 is 3.99. The van der Waals surface area contributed by atoms with E-state index in [1.807, 2.05) is 38.1 Å². The van der Waals surface area contributed by atoms with Crippen LogP contribution in [0.25, 0.3) is 10.9 Å². The number of rotatable bonds is 14. The zero-order chi connectivity index (χ0) is 28.5. The lowest BCUT2D eigenvalue weighted by atomic mass is 10.0. The third kappa shape index (κ3) is 8.32. The molecule has 0 fully saturated rings. The maximum Gasteiger partial charge on any atom is 0.327 e. The van der Waals surface area contributed by atoms with Gasteiger partial charge in [0.1, 0.15) is 18.1 Å². The van der Waals surface area contributed by atoms with Crippen LogP contribution in [-0.2, 0) is 32.0 Å². The number of hydrogen-bond acceptors (Lipinski definition) is 7. The minimum absolute atomic E-state index is 0.0110. The number of nitrogens with zero attached hydrogens (tertiary/aromatic N) is 1. The van der Waals surface area contributed by atoms with E-state index in [2.05, 4.69) is 43.5 Å². The minimum atomic E-state index is -1.26. The Morgan fingerprint density at radius 3 is 2.23 bits per heavy atom. The number of aromatic nitrogens is 3. The smallest absolute Gasteiger partial charge is 0.327 e. The second kappa shape index (κ2) is 13.8. The molecule has 39 heavy (non-hydrogen) atoms. The highest BCUT2D eigenvalue weighted by atomic mass is 32.1. The molecule has 210 valence electrons. The van der Waals surface area contributed by atoms with E-state index in [0.717, 1.165) is 16.5 Å². The Morgan fingerprint density at radius 1 is 0.974 bits per heavy atom. The molecule has 0 spiro atoms. The number of thiol groups is 1. The quantitative estimate of drug-likeness (QED) is 0.132. The number of aliphatic carboxylic acids is 1. The van der Waals surface area contributed by atoms with Gasteiger partial charge in [0.2, 0.25) is 17.7 Å². The average Bonchev–Trinajstić information content (AvgIpc) is 3.55. The first-order chi connectivity index (χ1) is 18.6. The molecule has 2 aromatic heterocycles. The number of aromatic amines is 2. The molecule has 0 aliphatic heterocycles. The van der Waals surface area contributed by atoms with Crippen molar-refractivity contribution >= 4 is 47.2 Å². The number of nitrogens with two attached hydrogens (primary N) is 1. The lowest BCUT2D eigenvalue weighted by molar-refractivity contribution is -0.141. The van der Waals surface area contributed by atoms with Crippen LogP contribution in [0, 0.1) is 5.92 Å². The van der Waals surface area contributed by atoms with E-state index in [4.69, 9.17) is 5.73 Å². The van der Waals surface area contributed by atoms with Crippen molar-refractivity contribution in [2.75, 3.05) is 5.75 Å². The largest absolute Gasteiger partial charge is 0.480 e. The third-order valence-corrected chi connectivity index (χ3v) is 6.57. The molecule has 0 saturated carbocycles. The summed E-state index contributed by atoms with van der Waals surface area (Å²) < 4.78 is 0. The fourth-order valence-corrected chi connectivity index (χ4v) is 4.43. The summed E-state index contributed by atoms with van der Waals surface area (Å²) in [6, 6.07) is 3.26. The monoisotopic (exact) mass is 557 g/mol. The van der Waals surface area contributed by atoms with Crippen molar-refractivity contribution in [2.24, 2.45) is 11.7 Å². The zero-order valence-corrected chi connectivity index (χ0v) is 22.7. The summed E-state index contributed by atoms with van der Waals surface area (Å²) in [5.41, 5.74) is 8.29. The number of benzene rings is 1. The van der Waals surface area contributed by atoms with Crippen LogP contribution in [0.15, 0.2) is 43.0 Å². The van der Waals surface area contributed by atoms with E-state index in [-0.39, 0.29) is 24.5 Å². The summed E-state index contributed by atoms with van der Waals surface area (Å²) in [6.07, 6.45) is 5.26. The summed E-state index contributed by atoms with van der Waals surface area (Å²) in [5, 5.41) is 18.1. The van der Waals surface area contributed by atoms with Crippen molar-refractivity contribution in [3.05, 3.63) is 54.2 Å². The predicted octanol–water partition coefficient (Wildman–Crippen LogP) is 0.518. The van der Waals surface area contributed by atoms with Crippen molar-refractivity contribution in [1.29, 1.82) is 0 Å². The topological polar surface area (TPSA) is 195 Å². The van der Waals surface area contributed by atoms with Gasteiger partial charge in [-0.15, -0.1) is 0 Å². The van der Waals surface area contributed by atoms with Gasteiger partial charge in [0.25, 0.3) is 0 Å². The van der Waals surface area contributed by atoms with Crippen LogP contribution < -0.4 is 21.7 Å². The first kappa shape index (κ1) is 29.7. The number of carboxylic acids is 1. The van der Waals surface area contributed by atoms with Gasteiger partial charge in [0.15, 0.2) is 0 Å². The third-order valence-electron chi connectivity index (χ3n) is 6.20. The fraction of sp³-hybridized carbons (Fsp3) is 0.423. The lowest BCUT2D eigenvalue weighted by Crippen LogP contribution is -2.58. The summed E-state index contributed by atoms with van der Waals surface area (Å²) in [6.45, 7) is 3.88. The molecule has 8 N–H and O–H groups in total. The normalized spacial score (nSPS) is 14.4. The van der Waals surface area contributed by atoms with Crippen LogP contribution in [-0.4, -0.2) is 73.7 Å². The Bertz CT molecular complexity index is 1280. The van der Waals surface area contributed by atoms with E-state index >= 15 is 0 Å². The molecule has 3 aromatic rings. The number of carbonyl (C=O) groups is 4. The van der Waals surface area contributed by atoms with Gasteiger partial charge in [-0.2, -0.15) is 12.6 Å². The first-order valence-electron chi connectivity index (χ1n) is 12.6. The molecule has 3 amide bonds. The van der Waals surface area contributed by atoms with E-state index in [0.29, 0.717) is 12.1 Å². The molecule has 1 aromatic carbocycles. The second-order valence-corrected chi connectivity index (χ2v) is 10.2. The van der Waals surface area contributed by atoms with Crippen LogP contribution in [0.4, 0.5) is 0 Å². The number of nitrogens with one attached hydrogen (secondary N) is 5. The number of para-hydroxylation sites is 1. The van der Waals surface area contributed by atoms with E-state index in [9.17, 15) is 24.3 Å². The number of imidazole rings is 1. The highest BCUT2D eigenvalue weighted by molar-refractivity contribution is 7.80. The number of H-pyrrole nitrogens is 2. The van der Waals surface area contributed by atoms with Crippen LogP contribution in [0.2, 0.25) is 0 Å². The molecule has 3 rings (SSSR count). The van der Waals surface area contributed by atoms with E-state index in [1.54, 1.807) is 6.20 Å². The van der Waals surface area contributed by atoms with Crippen molar-refractivity contribution in [3.63, 3.8) is 0 Å². The molecule has 13 heteroatoms. The number of fused-ring (bicyclic) bond motifs is 1. The van der Waals surface area contributed by atoms with Crippen molar-refractivity contribution < 1.29 is 24.3 Å². The van der Waals surface area contributed by atoms with Gasteiger partial charge >= 0.3 is 5.97 Å². The summed E-state index contributed by atoms with van der Waals surface area (Å²) in [4.78, 5) is 61.0. The number of carbonyl (C=O) groups excluding carboxylic acids is 3. The molecular formula is C26H35N7O5S. The predicted molar refractivity (Wildman–Crippen MR) is 149 cm³/mol. The lowest BCUT2D eigenvalue weighted by Gasteiger charge is -2.25. The standard InChI is InChI=1S/C26H35N7O5S/c1-14(2)7-18(27)23(34)31-20(8-15-10-29-19-6-4-3-5-17(15)19)24(35)32-21(9-16-11-28-13-30-16)25(36)33-22(12-39)26(37)38/h3-6,10-11,13-14,18,20-22,29,39H,7-9,12,27H2,1-2H3,(H,28,30)(H,31,34)(H,32,35)(H,33,36)(H,37,38). The highest BCUT2D eigenvalue weighted by Gasteiger charge is 2.31. The maximum atomic E-state index is 13.6. The second-order valence-electron chi connectivity index (χ2n) is 9.78. The fourth-order valence-electron chi connectivity index (χ4n) is 4.18. The van der Waals surface area contributed by atoms with Gasteiger partial charge in [-0.25, -0.2) is 9.78 Å². The van der Waals surface area contributed by atoms with Gasteiger partial charge < -0.3 is 36.8 Å². The molecule has 0 aliphatic rings. The number of amides is 3. The Balaban J connectivity index is 1.86. The first-order valence-corrected chi connectivity index (χ1v) is 13.2. The number of carboxylic acid groups (broad SMARTS) is 1. The molecule has 0 bridgehead atoms. The molecule has 0 saturated heterocycles. The Kier molecular flexibility index (Phi) is 10.5. The zero-order valence-electron chi connectivity index (χ0n) is 21.8. The molecule has 12 nitrogen and oxygen atoms in total. The van der Waals surface area contributed by atoms with Crippen molar-refractivity contribution in [3.8, 4) is 0 Å². The van der Waals surface area contributed by atoms with Crippen molar-refractivity contribution in [1.82, 2.24) is 30.9 Å². The van der Waals surface area contributed by atoms with E-state index in [1.165, 1.54) is 12.5 Å². The van der Waals surface area contributed by atoms with Crippen LogP contribution >= 0.6 is 12.6 Å². The summed E-state index contributed by atoms with van der Waals surface area (Å²) in [5.74, 6) is -3.05. The molecule has 4 unspecified atom stereocenters. The molecule has 0 radical (unpaired) electrons. The maximum absolute atomic E-state index is 13.6. The summed E-state index contributed by atoms with van der Waals surface area (Å²) in [7, 11) is 0. The Morgan fingerprint density at radius 2 is 1.62 bits per heavy atom. The minimum Gasteiger partial charge on any atom is -0.480 e. The van der Waals surface area contributed by atoms with Gasteiger partial charge in [-0.3, -0.25) is 14.4 Å². The van der Waals surface area contributed by atoms with Gasteiger partial charge in [-0.05, 0) is 24.0 Å². The molecule has 4 atom stereocenters.